The Hall–Kier alpha value is -1.43. The lowest BCUT2D eigenvalue weighted by atomic mass is 10.1. The number of halogens is 3. The molecule has 1 aromatic rings. The van der Waals surface area contributed by atoms with Crippen LogP contribution in [0.25, 0.3) is 0 Å². The van der Waals surface area contributed by atoms with E-state index in [1.165, 1.54) is 6.07 Å². The van der Waals surface area contributed by atoms with Crippen molar-refractivity contribution < 1.29 is 13.2 Å². The second-order valence-electron chi connectivity index (χ2n) is 6.29. The summed E-state index contributed by atoms with van der Waals surface area (Å²) in [6.45, 7) is 7.52. The monoisotopic (exact) mass is 315 g/mol. The molecule has 2 rings (SSSR count). The summed E-state index contributed by atoms with van der Waals surface area (Å²) >= 11 is 0. The van der Waals surface area contributed by atoms with Crippen molar-refractivity contribution in [2.24, 2.45) is 5.92 Å². The fourth-order valence-electron chi connectivity index (χ4n) is 2.52. The smallest absolute Gasteiger partial charge is 0.385 e. The summed E-state index contributed by atoms with van der Waals surface area (Å²) in [4.78, 5) is 3.96. The summed E-state index contributed by atoms with van der Waals surface area (Å²) < 4.78 is 40.2. The minimum atomic E-state index is -4.34. The van der Waals surface area contributed by atoms with E-state index in [2.05, 4.69) is 10.2 Å². The Bertz CT molecular complexity index is 492. The highest BCUT2D eigenvalue weighted by Gasteiger charge is 2.35. The van der Waals surface area contributed by atoms with Crippen LogP contribution in [0.2, 0.25) is 0 Å². The Morgan fingerprint density at radius 1 is 1.14 bits per heavy atom. The number of nitrogens with zero attached hydrogens (tertiary/aromatic N) is 2. The van der Waals surface area contributed by atoms with E-state index < -0.39 is 11.7 Å². The molecule has 1 fully saturated rings. The van der Waals surface area contributed by atoms with Gasteiger partial charge in [-0.25, -0.2) is 0 Å². The molecule has 0 spiro atoms. The highest BCUT2D eigenvalue weighted by molar-refractivity contribution is 5.62. The Labute approximate surface area is 130 Å². The summed E-state index contributed by atoms with van der Waals surface area (Å²) in [7, 11) is 1.99. The van der Waals surface area contributed by atoms with Crippen LogP contribution in [-0.4, -0.2) is 44.7 Å². The van der Waals surface area contributed by atoms with Gasteiger partial charge in [0.25, 0.3) is 0 Å². The first-order valence-corrected chi connectivity index (χ1v) is 7.66. The van der Waals surface area contributed by atoms with Gasteiger partial charge in [0.2, 0.25) is 0 Å². The minimum absolute atomic E-state index is 0.288. The van der Waals surface area contributed by atoms with Crippen molar-refractivity contribution in [1.29, 1.82) is 0 Å². The molecule has 0 radical (unpaired) electrons. The van der Waals surface area contributed by atoms with Crippen LogP contribution in [0.3, 0.4) is 0 Å². The van der Waals surface area contributed by atoms with E-state index in [9.17, 15) is 13.2 Å². The molecule has 0 unspecified atom stereocenters. The number of alkyl halides is 3. The van der Waals surface area contributed by atoms with E-state index in [-0.39, 0.29) is 5.69 Å². The van der Waals surface area contributed by atoms with Crippen molar-refractivity contribution in [3.8, 4) is 0 Å². The lowest BCUT2D eigenvalue weighted by Crippen LogP contribution is -2.45. The Kier molecular flexibility index (Phi) is 5.21. The van der Waals surface area contributed by atoms with Gasteiger partial charge >= 0.3 is 6.18 Å². The van der Waals surface area contributed by atoms with Crippen LogP contribution < -0.4 is 10.2 Å². The molecule has 1 saturated heterocycles. The first kappa shape index (κ1) is 16.9. The summed E-state index contributed by atoms with van der Waals surface area (Å²) in [6, 6.07) is 4.57. The molecule has 0 aromatic heterocycles. The predicted molar refractivity (Wildman–Crippen MR) is 84.5 cm³/mol. The molecule has 6 heteroatoms. The Morgan fingerprint density at radius 2 is 1.77 bits per heavy atom. The first-order chi connectivity index (χ1) is 10.3. The van der Waals surface area contributed by atoms with Gasteiger partial charge < -0.3 is 15.1 Å². The number of hydrogen-bond donors (Lipinski definition) is 1. The van der Waals surface area contributed by atoms with Gasteiger partial charge in [-0.2, -0.15) is 13.2 Å². The molecule has 1 aromatic carbocycles. The van der Waals surface area contributed by atoms with Crippen molar-refractivity contribution >= 4 is 11.4 Å². The molecule has 1 N–H and O–H groups in total. The van der Waals surface area contributed by atoms with E-state index in [1.807, 2.05) is 25.8 Å². The number of nitrogens with one attached hydrogen (secondary N) is 1. The number of likely N-dealkylation sites (N-methyl/N-ethyl adjacent to an activating group) is 1. The summed E-state index contributed by atoms with van der Waals surface area (Å²) in [6.07, 6.45) is -4.34. The first-order valence-electron chi connectivity index (χ1n) is 7.66. The quantitative estimate of drug-likeness (QED) is 0.917. The van der Waals surface area contributed by atoms with Gasteiger partial charge in [-0.3, -0.25) is 0 Å². The molecule has 0 bridgehead atoms. The summed E-state index contributed by atoms with van der Waals surface area (Å²) in [5, 5.41) is 3.07. The Balaban J connectivity index is 2.25. The zero-order valence-electron chi connectivity index (χ0n) is 13.4. The van der Waals surface area contributed by atoms with Crippen molar-refractivity contribution in [3.05, 3.63) is 23.8 Å². The fraction of sp³-hybridized carbons (Fsp3) is 0.625. The maximum atomic E-state index is 13.4. The molecule has 0 amide bonds. The third kappa shape index (κ3) is 4.29. The molecular formula is C16H24F3N3. The molecule has 1 aliphatic rings. The highest BCUT2D eigenvalue weighted by atomic mass is 19.4. The fourth-order valence-corrected chi connectivity index (χ4v) is 2.52. The minimum Gasteiger partial charge on any atom is -0.385 e. The summed E-state index contributed by atoms with van der Waals surface area (Å²) in [5.74, 6) is 0.381. The van der Waals surface area contributed by atoms with Crippen molar-refractivity contribution in [2.75, 3.05) is 50.0 Å². The van der Waals surface area contributed by atoms with E-state index >= 15 is 0 Å². The van der Waals surface area contributed by atoms with Crippen LogP contribution in [0.4, 0.5) is 24.5 Å². The van der Waals surface area contributed by atoms with Crippen molar-refractivity contribution in [2.45, 2.75) is 20.0 Å². The lowest BCUT2D eigenvalue weighted by molar-refractivity contribution is -0.137. The predicted octanol–water partition coefficient (Wildman–Crippen LogP) is 3.53. The average Bonchev–Trinajstić information content (AvgIpc) is 2.45. The molecule has 3 nitrogen and oxygen atoms in total. The van der Waals surface area contributed by atoms with E-state index in [0.29, 0.717) is 31.2 Å². The number of hydrogen-bond acceptors (Lipinski definition) is 3. The van der Waals surface area contributed by atoms with Gasteiger partial charge in [-0.15, -0.1) is 0 Å². The highest BCUT2D eigenvalue weighted by Crippen LogP contribution is 2.38. The molecular weight excluding hydrogens is 291 g/mol. The molecule has 1 aliphatic heterocycles. The zero-order valence-corrected chi connectivity index (χ0v) is 13.4. The van der Waals surface area contributed by atoms with Gasteiger partial charge in [0, 0.05) is 44.1 Å². The van der Waals surface area contributed by atoms with Crippen LogP contribution in [0.15, 0.2) is 18.2 Å². The summed E-state index contributed by atoms with van der Waals surface area (Å²) in [5.41, 5.74) is 0.264. The molecule has 0 saturated carbocycles. The van der Waals surface area contributed by atoms with Gasteiger partial charge in [0.05, 0.1) is 5.56 Å². The van der Waals surface area contributed by atoms with Gasteiger partial charge in [-0.05, 0) is 31.2 Å². The standard InChI is InChI=1S/C16H24F3N3/c1-12(2)11-20-13-4-5-15(14(10-13)16(17,18)19)22-8-6-21(3)7-9-22/h4-5,10,12,20H,6-9,11H2,1-3H3. The van der Waals surface area contributed by atoms with Gasteiger partial charge in [0.15, 0.2) is 0 Å². The third-order valence-electron chi connectivity index (χ3n) is 3.86. The van der Waals surface area contributed by atoms with Crippen molar-refractivity contribution in [3.63, 3.8) is 0 Å². The van der Waals surface area contributed by atoms with Crippen LogP contribution in [-0.2, 0) is 6.18 Å². The van der Waals surface area contributed by atoms with Gasteiger partial charge in [0.1, 0.15) is 0 Å². The SMILES string of the molecule is CC(C)CNc1ccc(N2CCN(C)CC2)c(C(F)(F)F)c1. The largest absolute Gasteiger partial charge is 0.418 e. The number of rotatable bonds is 4. The maximum Gasteiger partial charge on any atom is 0.418 e. The van der Waals surface area contributed by atoms with E-state index in [0.717, 1.165) is 13.1 Å². The molecule has 124 valence electrons. The Morgan fingerprint density at radius 3 is 2.32 bits per heavy atom. The second kappa shape index (κ2) is 6.77. The topological polar surface area (TPSA) is 18.5 Å². The van der Waals surface area contributed by atoms with E-state index in [1.54, 1.807) is 12.1 Å². The third-order valence-corrected chi connectivity index (χ3v) is 3.86. The van der Waals surface area contributed by atoms with Crippen LogP contribution in [0.1, 0.15) is 19.4 Å². The molecule has 0 atom stereocenters. The number of piperazine rings is 1. The molecule has 0 aliphatic carbocycles. The number of anilines is 2. The van der Waals surface area contributed by atoms with Gasteiger partial charge in [-0.1, -0.05) is 13.8 Å². The van der Waals surface area contributed by atoms with Crippen LogP contribution >= 0.6 is 0 Å². The maximum absolute atomic E-state index is 13.4. The molecule has 22 heavy (non-hydrogen) atoms. The molecule has 1 heterocycles. The second-order valence-corrected chi connectivity index (χ2v) is 6.29. The normalized spacial score (nSPS) is 17.1. The van der Waals surface area contributed by atoms with Crippen molar-refractivity contribution in [1.82, 2.24) is 4.90 Å². The number of benzene rings is 1. The lowest BCUT2D eigenvalue weighted by Gasteiger charge is -2.35. The van der Waals surface area contributed by atoms with Crippen LogP contribution in [0, 0.1) is 5.92 Å². The van der Waals surface area contributed by atoms with E-state index in [4.69, 9.17) is 0 Å². The van der Waals surface area contributed by atoms with Crippen LogP contribution in [0.5, 0.6) is 0 Å². The average molecular weight is 315 g/mol. The zero-order chi connectivity index (χ0) is 16.3.